The molecule has 92 valence electrons. The highest BCUT2D eigenvalue weighted by molar-refractivity contribution is 9.10. The number of hydrogen-bond donors (Lipinski definition) is 1. The molecule has 1 aliphatic rings. The zero-order chi connectivity index (χ0) is 12.4. The number of nitrogens with zero attached hydrogens (tertiary/aromatic N) is 1. The van der Waals surface area contributed by atoms with E-state index in [1.54, 1.807) is 12.1 Å². The van der Waals surface area contributed by atoms with Gasteiger partial charge in [-0.25, -0.2) is 0 Å². The summed E-state index contributed by atoms with van der Waals surface area (Å²) in [5.74, 6) is 0.792. The van der Waals surface area contributed by atoms with Gasteiger partial charge in [0.1, 0.15) is 0 Å². The van der Waals surface area contributed by atoms with Gasteiger partial charge in [-0.15, -0.1) is 0 Å². The summed E-state index contributed by atoms with van der Waals surface area (Å²) in [6.45, 7) is 2.89. The van der Waals surface area contributed by atoms with Crippen LogP contribution in [-0.2, 0) is 6.54 Å². The van der Waals surface area contributed by atoms with Gasteiger partial charge in [0.2, 0.25) is 0 Å². The summed E-state index contributed by atoms with van der Waals surface area (Å²) in [4.78, 5) is 10.4. The first-order chi connectivity index (χ1) is 8.11. The van der Waals surface area contributed by atoms with Crippen LogP contribution in [0.2, 0.25) is 0 Å². The minimum atomic E-state index is -0.362. The summed E-state index contributed by atoms with van der Waals surface area (Å²) >= 11 is 3.18. The standard InChI is InChI=1S/C12H15BrN2O2/c1-2-9-6-11(9)14-7-8-3-4-10(13)12(5-8)15(16)17/h3-5,9,11,14H,2,6-7H2,1H3. The van der Waals surface area contributed by atoms with Crippen molar-refractivity contribution in [2.45, 2.75) is 32.4 Å². The molecule has 2 rings (SSSR count). The Morgan fingerprint density at radius 2 is 2.35 bits per heavy atom. The first-order valence-electron chi connectivity index (χ1n) is 5.78. The fourth-order valence-corrected chi connectivity index (χ4v) is 2.40. The topological polar surface area (TPSA) is 55.2 Å². The van der Waals surface area contributed by atoms with Crippen LogP contribution in [0.25, 0.3) is 0 Å². The molecule has 1 fully saturated rings. The Balaban J connectivity index is 1.97. The number of nitro benzene ring substituents is 1. The number of nitro groups is 1. The maximum atomic E-state index is 10.8. The molecule has 0 bridgehead atoms. The lowest BCUT2D eigenvalue weighted by molar-refractivity contribution is -0.385. The van der Waals surface area contributed by atoms with E-state index < -0.39 is 0 Å². The highest BCUT2D eigenvalue weighted by atomic mass is 79.9. The van der Waals surface area contributed by atoms with Crippen molar-refractivity contribution >= 4 is 21.6 Å². The molecule has 0 aromatic heterocycles. The third kappa shape index (κ3) is 3.04. The van der Waals surface area contributed by atoms with Crippen molar-refractivity contribution in [3.8, 4) is 0 Å². The molecule has 1 N–H and O–H groups in total. The van der Waals surface area contributed by atoms with E-state index in [0.717, 1.165) is 11.5 Å². The molecular weight excluding hydrogens is 284 g/mol. The van der Waals surface area contributed by atoms with Crippen LogP contribution in [0.4, 0.5) is 5.69 Å². The van der Waals surface area contributed by atoms with E-state index >= 15 is 0 Å². The molecular formula is C12H15BrN2O2. The predicted molar refractivity (Wildman–Crippen MR) is 69.8 cm³/mol. The van der Waals surface area contributed by atoms with Gasteiger partial charge in [0.05, 0.1) is 9.40 Å². The second-order valence-electron chi connectivity index (χ2n) is 4.43. The lowest BCUT2D eigenvalue weighted by atomic mass is 10.2. The van der Waals surface area contributed by atoms with Crippen LogP contribution in [0, 0.1) is 16.0 Å². The van der Waals surface area contributed by atoms with Gasteiger partial charge in [-0.3, -0.25) is 10.1 Å². The van der Waals surface area contributed by atoms with E-state index in [9.17, 15) is 10.1 Å². The van der Waals surface area contributed by atoms with Gasteiger partial charge in [-0.05, 0) is 39.9 Å². The van der Waals surface area contributed by atoms with E-state index in [4.69, 9.17) is 0 Å². The summed E-state index contributed by atoms with van der Waals surface area (Å²) < 4.78 is 0.532. The number of nitrogens with one attached hydrogen (secondary N) is 1. The quantitative estimate of drug-likeness (QED) is 0.670. The van der Waals surface area contributed by atoms with Crippen LogP contribution < -0.4 is 5.32 Å². The summed E-state index contributed by atoms with van der Waals surface area (Å²) in [6.07, 6.45) is 2.44. The van der Waals surface area contributed by atoms with Crippen LogP contribution in [0.15, 0.2) is 22.7 Å². The molecule has 0 radical (unpaired) electrons. The fraction of sp³-hybridized carbons (Fsp3) is 0.500. The number of rotatable bonds is 5. The average Bonchev–Trinajstić information content (AvgIpc) is 3.06. The highest BCUT2D eigenvalue weighted by Gasteiger charge is 2.34. The van der Waals surface area contributed by atoms with E-state index in [2.05, 4.69) is 28.2 Å². The number of halogens is 1. The average molecular weight is 299 g/mol. The summed E-state index contributed by atoms with van der Waals surface area (Å²) in [7, 11) is 0. The monoisotopic (exact) mass is 298 g/mol. The summed E-state index contributed by atoms with van der Waals surface area (Å²) in [6, 6.07) is 5.87. The van der Waals surface area contributed by atoms with Crippen molar-refractivity contribution in [1.82, 2.24) is 5.32 Å². The summed E-state index contributed by atoms with van der Waals surface area (Å²) in [5.41, 5.74) is 1.09. The van der Waals surface area contributed by atoms with Crippen LogP contribution in [0.1, 0.15) is 25.3 Å². The molecule has 4 nitrogen and oxygen atoms in total. The zero-order valence-electron chi connectivity index (χ0n) is 9.65. The molecule has 2 atom stereocenters. The van der Waals surface area contributed by atoms with E-state index in [-0.39, 0.29) is 10.6 Å². The number of hydrogen-bond acceptors (Lipinski definition) is 3. The lowest BCUT2D eigenvalue weighted by Crippen LogP contribution is -2.17. The number of benzene rings is 1. The van der Waals surface area contributed by atoms with Gasteiger partial charge in [-0.2, -0.15) is 0 Å². The Bertz CT molecular complexity index is 437. The Labute approximate surface area is 109 Å². The molecule has 1 aromatic rings. The normalized spacial score (nSPS) is 22.5. The van der Waals surface area contributed by atoms with Gasteiger partial charge in [0.25, 0.3) is 5.69 Å². The van der Waals surface area contributed by atoms with Crippen LogP contribution in [-0.4, -0.2) is 11.0 Å². The predicted octanol–water partition coefficient (Wildman–Crippen LogP) is 3.25. The van der Waals surface area contributed by atoms with Gasteiger partial charge in [0, 0.05) is 18.7 Å². The van der Waals surface area contributed by atoms with Crippen molar-refractivity contribution < 1.29 is 4.92 Å². The minimum absolute atomic E-state index is 0.132. The molecule has 1 aromatic carbocycles. The molecule has 0 heterocycles. The third-order valence-electron chi connectivity index (χ3n) is 3.22. The largest absolute Gasteiger partial charge is 0.310 e. The summed E-state index contributed by atoms with van der Waals surface area (Å²) in [5, 5.41) is 14.2. The van der Waals surface area contributed by atoms with Crippen molar-refractivity contribution in [2.24, 2.45) is 5.92 Å². The van der Waals surface area contributed by atoms with Crippen LogP contribution in [0.5, 0.6) is 0 Å². The second-order valence-corrected chi connectivity index (χ2v) is 5.29. The van der Waals surface area contributed by atoms with Crippen molar-refractivity contribution in [2.75, 3.05) is 0 Å². The van der Waals surface area contributed by atoms with E-state index in [0.29, 0.717) is 17.1 Å². The molecule has 1 saturated carbocycles. The smallest absolute Gasteiger partial charge is 0.283 e. The molecule has 0 spiro atoms. The van der Waals surface area contributed by atoms with Crippen molar-refractivity contribution in [3.63, 3.8) is 0 Å². The first kappa shape index (κ1) is 12.5. The van der Waals surface area contributed by atoms with Crippen molar-refractivity contribution in [1.29, 1.82) is 0 Å². The van der Waals surface area contributed by atoms with Gasteiger partial charge in [-0.1, -0.05) is 19.4 Å². The zero-order valence-corrected chi connectivity index (χ0v) is 11.2. The molecule has 5 heteroatoms. The molecule has 0 aliphatic heterocycles. The molecule has 17 heavy (non-hydrogen) atoms. The van der Waals surface area contributed by atoms with Gasteiger partial charge < -0.3 is 5.32 Å². The van der Waals surface area contributed by atoms with E-state index in [1.807, 2.05) is 6.07 Å². The highest BCUT2D eigenvalue weighted by Crippen LogP contribution is 2.33. The Kier molecular flexibility index (Phi) is 3.79. The minimum Gasteiger partial charge on any atom is -0.310 e. The van der Waals surface area contributed by atoms with Crippen LogP contribution in [0.3, 0.4) is 0 Å². The third-order valence-corrected chi connectivity index (χ3v) is 3.89. The molecule has 0 amide bonds. The first-order valence-corrected chi connectivity index (χ1v) is 6.57. The van der Waals surface area contributed by atoms with Crippen LogP contribution >= 0.6 is 15.9 Å². The van der Waals surface area contributed by atoms with Crippen molar-refractivity contribution in [3.05, 3.63) is 38.3 Å². The van der Waals surface area contributed by atoms with Gasteiger partial charge in [0.15, 0.2) is 0 Å². The maximum Gasteiger partial charge on any atom is 0.283 e. The maximum absolute atomic E-state index is 10.8. The Morgan fingerprint density at radius 3 is 2.94 bits per heavy atom. The molecule has 1 aliphatic carbocycles. The SMILES string of the molecule is CCC1CC1NCc1ccc(Br)c([N+](=O)[O-])c1. The Morgan fingerprint density at radius 1 is 1.59 bits per heavy atom. The lowest BCUT2D eigenvalue weighted by Gasteiger charge is -2.04. The second kappa shape index (κ2) is 5.14. The molecule has 0 saturated heterocycles. The Hall–Kier alpha value is -0.940. The fourth-order valence-electron chi connectivity index (χ4n) is 2.01. The molecule has 2 unspecified atom stereocenters. The van der Waals surface area contributed by atoms with Gasteiger partial charge >= 0.3 is 0 Å². The van der Waals surface area contributed by atoms with E-state index in [1.165, 1.54) is 12.8 Å².